The van der Waals surface area contributed by atoms with Crippen LogP contribution in [0.5, 0.6) is 0 Å². The van der Waals surface area contributed by atoms with Crippen LogP contribution in [0.4, 0.5) is 13.2 Å². The summed E-state index contributed by atoms with van der Waals surface area (Å²) in [5, 5.41) is 9.55. The van der Waals surface area contributed by atoms with Crippen molar-refractivity contribution in [3.63, 3.8) is 0 Å². The quantitative estimate of drug-likeness (QED) is 0.870. The highest BCUT2D eigenvalue weighted by atomic mass is 19.4. The SMILES string of the molecule is CCC(O)C(C)c1cc(C(F)(F)F)ccn1. The molecule has 1 rings (SSSR count). The van der Waals surface area contributed by atoms with Gasteiger partial charge in [-0.1, -0.05) is 13.8 Å². The first-order valence-electron chi connectivity index (χ1n) is 5.07. The van der Waals surface area contributed by atoms with Crippen molar-refractivity contribution in [3.05, 3.63) is 29.6 Å². The van der Waals surface area contributed by atoms with Crippen molar-refractivity contribution >= 4 is 0 Å². The lowest BCUT2D eigenvalue weighted by Crippen LogP contribution is -2.16. The maximum absolute atomic E-state index is 12.4. The third-order valence-electron chi connectivity index (χ3n) is 2.57. The fourth-order valence-electron chi connectivity index (χ4n) is 1.42. The van der Waals surface area contributed by atoms with E-state index < -0.39 is 23.8 Å². The molecule has 0 aliphatic carbocycles. The molecule has 0 aromatic carbocycles. The van der Waals surface area contributed by atoms with Crippen LogP contribution in [0, 0.1) is 0 Å². The van der Waals surface area contributed by atoms with Gasteiger partial charge in [0.2, 0.25) is 0 Å². The van der Waals surface area contributed by atoms with Crippen LogP contribution >= 0.6 is 0 Å². The number of halogens is 3. The zero-order chi connectivity index (χ0) is 12.3. The summed E-state index contributed by atoms with van der Waals surface area (Å²) >= 11 is 0. The highest BCUT2D eigenvalue weighted by molar-refractivity contribution is 5.22. The minimum atomic E-state index is -4.37. The van der Waals surface area contributed by atoms with Crippen LogP contribution in [0.25, 0.3) is 0 Å². The van der Waals surface area contributed by atoms with Crippen molar-refractivity contribution in [3.8, 4) is 0 Å². The summed E-state index contributed by atoms with van der Waals surface area (Å²) in [5.41, 5.74) is -0.461. The topological polar surface area (TPSA) is 33.1 Å². The van der Waals surface area contributed by atoms with Gasteiger partial charge in [0.15, 0.2) is 0 Å². The maximum atomic E-state index is 12.4. The van der Waals surface area contributed by atoms with E-state index in [-0.39, 0.29) is 5.69 Å². The monoisotopic (exact) mass is 233 g/mol. The van der Waals surface area contributed by atoms with Gasteiger partial charge in [-0.2, -0.15) is 13.2 Å². The Labute approximate surface area is 92.1 Å². The minimum Gasteiger partial charge on any atom is -0.392 e. The number of aromatic nitrogens is 1. The molecule has 0 spiro atoms. The summed E-state index contributed by atoms with van der Waals surface area (Å²) in [7, 11) is 0. The normalized spacial score (nSPS) is 15.9. The Kier molecular flexibility index (Phi) is 3.91. The van der Waals surface area contributed by atoms with Gasteiger partial charge < -0.3 is 5.11 Å². The third kappa shape index (κ3) is 2.95. The van der Waals surface area contributed by atoms with E-state index in [1.807, 2.05) is 0 Å². The Hall–Kier alpha value is -1.10. The predicted molar refractivity (Wildman–Crippen MR) is 54.0 cm³/mol. The Bertz CT molecular complexity index is 351. The summed E-state index contributed by atoms with van der Waals surface area (Å²) in [6.07, 6.45) is -3.43. The molecule has 2 nitrogen and oxygen atoms in total. The fourth-order valence-corrected chi connectivity index (χ4v) is 1.42. The molecule has 1 heterocycles. The largest absolute Gasteiger partial charge is 0.416 e. The van der Waals surface area contributed by atoms with Crippen molar-refractivity contribution in [1.82, 2.24) is 4.98 Å². The van der Waals surface area contributed by atoms with Gasteiger partial charge >= 0.3 is 6.18 Å². The molecule has 2 unspecified atom stereocenters. The second-order valence-electron chi connectivity index (χ2n) is 3.73. The Morgan fingerprint density at radius 3 is 2.56 bits per heavy atom. The molecule has 90 valence electrons. The standard InChI is InChI=1S/C11H14F3NO/c1-3-10(16)7(2)9-6-8(4-5-15-9)11(12,13)14/h4-7,10,16H,3H2,1-2H3. The first kappa shape index (κ1) is 13.0. The molecule has 0 radical (unpaired) electrons. The van der Waals surface area contributed by atoms with Crippen LogP contribution in [0.15, 0.2) is 18.3 Å². The molecule has 0 fully saturated rings. The lowest BCUT2D eigenvalue weighted by atomic mass is 9.97. The molecule has 0 bridgehead atoms. The highest BCUT2D eigenvalue weighted by Gasteiger charge is 2.31. The van der Waals surface area contributed by atoms with Crippen LogP contribution in [0.1, 0.15) is 37.4 Å². The molecular formula is C11H14F3NO. The summed E-state index contributed by atoms with van der Waals surface area (Å²) < 4.78 is 37.3. The smallest absolute Gasteiger partial charge is 0.392 e. The Morgan fingerprint density at radius 2 is 2.06 bits per heavy atom. The van der Waals surface area contributed by atoms with E-state index in [2.05, 4.69) is 4.98 Å². The summed E-state index contributed by atoms with van der Waals surface area (Å²) in [4.78, 5) is 3.86. The first-order valence-corrected chi connectivity index (χ1v) is 5.07. The number of aliphatic hydroxyl groups excluding tert-OH is 1. The fraction of sp³-hybridized carbons (Fsp3) is 0.545. The van der Waals surface area contributed by atoms with Gasteiger partial charge in [-0.3, -0.25) is 4.98 Å². The zero-order valence-electron chi connectivity index (χ0n) is 9.12. The zero-order valence-corrected chi connectivity index (χ0v) is 9.12. The first-order chi connectivity index (χ1) is 7.36. The number of alkyl halides is 3. The molecule has 2 atom stereocenters. The lowest BCUT2D eigenvalue weighted by Gasteiger charge is -2.17. The number of rotatable bonds is 3. The van der Waals surface area contributed by atoms with Crippen LogP contribution in [0.2, 0.25) is 0 Å². The minimum absolute atomic E-state index is 0.268. The second-order valence-corrected chi connectivity index (χ2v) is 3.73. The van der Waals surface area contributed by atoms with Crippen LogP contribution in [-0.2, 0) is 6.18 Å². The van der Waals surface area contributed by atoms with Crippen LogP contribution in [-0.4, -0.2) is 16.2 Å². The van der Waals surface area contributed by atoms with E-state index in [1.165, 1.54) is 0 Å². The molecular weight excluding hydrogens is 219 g/mol. The van der Waals surface area contributed by atoms with E-state index in [9.17, 15) is 18.3 Å². The summed E-state index contributed by atoms with van der Waals surface area (Å²) in [6.45, 7) is 3.44. The van der Waals surface area contributed by atoms with Crippen molar-refractivity contribution < 1.29 is 18.3 Å². The van der Waals surface area contributed by atoms with Crippen LogP contribution < -0.4 is 0 Å². The molecule has 0 saturated heterocycles. The van der Waals surface area contributed by atoms with Gasteiger partial charge in [0.1, 0.15) is 0 Å². The molecule has 1 aromatic rings. The lowest BCUT2D eigenvalue weighted by molar-refractivity contribution is -0.137. The van der Waals surface area contributed by atoms with Gasteiger partial charge in [-0.05, 0) is 18.6 Å². The van der Waals surface area contributed by atoms with E-state index >= 15 is 0 Å². The Balaban J connectivity index is 2.99. The average Bonchev–Trinajstić information content (AvgIpc) is 2.26. The number of hydrogen-bond acceptors (Lipinski definition) is 2. The van der Waals surface area contributed by atoms with Gasteiger partial charge in [-0.15, -0.1) is 0 Å². The molecule has 0 aliphatic rings. The van der Waals surface area contributed by atoms with Crippen molar-refractivity contribution in [1.29, 1.82) is 0 Å². The molecule has 0 aliphatic heterocycles. The maximum Gasteiger partial charge on any atom is 0.416 e. The number of aliphatic hydroxyl groups is 1. The summed E-state index contributed by atoms with van der Waals surface area (Å²) in [5.74, 6) is -0.396. The Morgan fingerprint density at radius 1 is 1.44 bits per heavy atom. The molecule has 16 heavy (non-hydrogen) atoms. The summed E-state index contributed by atoms with van der Waals surface area (Å²) in [6, 6.07) is 1.91. The van der Waals surface area contributed by atoms with Crippen molar-refractivity contribution in [2.75, 3.05) is 0 Å². The highest BCUT2D eigenvalue weighted by Crippen LogP contribution is 2.31. The second kappa shape index (κ2) is 4.82. The van der Waals surface area contributed by atoms with Gasteiger partial charge in [0.25, 0.3) is 0 Å². The number of hydrogen-bond donors (Lipinski definition) is 1. The van der Waals surface area contributed by atoms with Crippen LogP contribution in [0.3, 0.4) is 0 Å². The third-order valence-corrected chi connectivity index (χ3v) is 2.57. The van der Waals surface area contributed by atoms with Crippen molar-refractivity contribution in [2.24, 2.45) is 0 Å². The molecule has 0 amide bonds. The van der Waals surface area contributed by atoms with E-state index in [0.717, 1.165) is 18.3 Å². The molecule has 1 aromatic heterocycles. The van der Waals surface area contributed by atoms with E-state index in [1.54, 1.807) is 13.8 Å². The molecule has 1 N–H and O–H groups in total. The van der Waals surface area contributed by atoms with E-state index in [0.29, 0.717) is 6.42 Å². The van der Waals surface area contributed by atoms with E-state index in [4.69, 9.17) is 0 Å². The molecule has 0 saturated carbocycles. The average molecular weight is 233 g/mol. The van der Waals surface area contributed by atoms with Gasteiger partial charge in [-0.25, -0.2) is 0 Å². The van der Waals surface area contributed by atoms with Gasteiger partial charge in [0, 0.05) is 17.8 Å². The predicted octanol–water partition coefficient (Wildman–Crippen LogP) is 2.97. The molecule has 5 heteroatoms. The number of nitrogens with zero attached hydrogens (tertiary/aromatic N) is 1. The number of pyridine rings is 1. The van der Waals surface area contributed by atoms with Gasteiger partial charge in [0.05, 0.1) is 11.7 Å². The van der Waals surface area contributed by atoms with Crippen molar-refractivity contribution in [2.45, 2.75) is 38.5 Å².